The van der Waals surface area contributed by atoms with Crippen LogP contribution < -0.4 is 0 Å². The molecule has 2 rings (SSSR count). The van der Waals surface area contributed by atoms with Crippen LogP contribution in [0.3, 0.4) is 0 Å². The highest BCUT2D eigenvalue weighted by Gasteiger charge is 2.11. The Hall–Kier alpha value is -1.87. The molecule has 3 heteroatoms. The van der Waals surface area contributed by atoms with Crippen molar-refractivity contribution < 1.29 is 15.0 Å². The Morgan fingerprint density at radius 2 is 1.87 bits per heavy atom. The van der Waals surface area contributed by atoms with Crippen molar-refractivity contribution in [3.8, 4) is 0 Å². The summed E-state index contributed by atoms with van der Waals surface area (Å²) in [6, 6.07) is 10.7. The molecule has 2 aromatic carbocycles. The van der Waals surface area contributed by atoms with E-state index in [1.807, 2.05) is 24.3 Å². The fourth-order valence-corrected chi connectivity index (χ4v) is 1.71. The first-order valence-corrected chi connectivity index (χ1v) is 4.59. The fraction of sp³-hybridized carbons (Fsp3) is 0.0833. The highest BCUT2D eigenvalue weighted by Crippen LogP contribution is 2.22. The van der Waals surface area contributed by atoms with E-state index in [9.17, 15) is 9.90 Å². The maximum Gasteiger partial charge on any atom is 0.336 e. The standard InChI is InChI=1S/C12H10O3/c13-7-11-9-4-2-1-3-8(9)5-6-10(11)12(14)15/h1-6,13H,7H2,(H,14,15). The molecule has 0 aliphatic heterocycles. The van der Waals surface area contributed by atoms with Crippen LogP contribution in [-0.4, -0.2) is 16.2 Å². The number of hydrogen-bond acceptors (Lipinski definition) is 2. The molecule has 2 N–H and O–H groups in total. The molecule has 15 heavy (non-hydrogen) atoms. The van der Waals surface area contributed by atoms with Gasteiger partial charge in [0.25, 0.3) is 0 Å². The van der Waals surface area contributed by atoms with Crippen LogP contribution in [0.15, 0.2) is 36.4 Å². The fourth-order valence-electron chi connectivity index (χ4n) is 1.71. The number of carbonyl (C=O) groups is 1. The van der Waals surface area contributed by atoms with Crippen molar-refractivity contribution in [2.45, 2.75) is 6.61 Å². The van der Waals surface area contributed by atoms with Crippen LogP contribution in [0, 0.1) is 0 Å². The largest absolute Gasteiger partial charge is 0.478 e. The van der Waals surface area contributed by atoms with E-state index in [1.54, 1.807) is 6.07 Å². The van der Waals surface area contributed by atoms with Crippen LogP contribution in [-0.2, 0) is 6.61 Å². The molecule has 0 bridgehead atoms. The predicted octanol–water partition coefficient (Wildman–Crippen LogP) is 2.03. The number of carboxylic acid groups (broad SMARTS) is 1. The van der Waals surface area contributed by atoms with Crippen molar-refractivity contribution in [3.05, 3.63) is 47.5 Å². The summed E-state index contributed by atoms with van der Waals surface area (Å²) in [4.78, 5) is 10.9. The Morgan fingerprint density at radius 3 is 2.53 bits per heavy atom. The Morgan fingerprint density at radius 1 is 1.13 bits per heavy atom. The molecule has 0 atom stereocenters. The second-order valence-electron chi connectivity index (χ2n) is 3.28. The van der Waals surface area contributed by atoms with Crippen molar-refractivity contribution in [2.75, 3.05) is 0 Å². The van der Waals surface area contributed by atoms with Gasteiger partial charge in [-0.3, -0.25) is 0 Å². The van der Waals surface area contributed by atoms with Gasteiger partial charge in [-0.1, -0.05) is 30.3 Å². The SMILES string of the molecule is O=C(O)c1ccc2ccccc2c1CO. The molecule has 76 valence electrons. The normalized spacial score (nSPS) is 10.5. The molecule has 0 spiro atoms. The van der Waals surface area contributed by atoms with Gasteiger partial charge in [0, 0.05) is 0 Å². The summed E-state index contributed by atoms with van der Waals surface area (Å²) in [6.07, 6.45) is 0. The third-order valence-corrected chi connectivity index (χ3v) is 2.43. The molecule has 3 nitrogen and oxygen atoms in total. The second kappa shape index (κ2) is 3.71. The van der Waals surface area contributed by atoms with E-state index < -0.39 is 5.97 Å². The smallest absolute Gasteiger partial charge is 0.336 e. The molecule has 2 aromatic rings. The molecule has 0 aliphatic carbocycles. The van der Waals surface area contributed by atoms with Crippen molar-refractivity contribution in [2.24, 2.45) is 0 Å². The number of hydrogen-bond donors (Lipinski definition) is 2. The first-order chi connectivity index (χ1) is 7.24. The van der Waals surface area contributed by atoms with Gasteiger partial charge in [-0.2, -0.15) is 0 Å². The average molecular weight is 202 g/mol. The van der Waals surface area contributed by atoms with E-state index in [0.29, 0.717) is 5.56 Å². The molecule has 0 heterocycles. The third kappa shape index (κ3) is 1.57. The zero-order chi connectivity index (χ0) is 10.8. The first-order valence-electron chi connectivity index (χ1n) is 4.59. The molecule has 0 radical (unpaired) electrons. The zero-order valence-electron chi connectivity index (χ0n) is 7.97. The van der Waals surface area contributed by atoms with Crippen molar-refractivity contribution >= 4 is 16.7 Å². The molecule has 0 saturated heterocycles. The summed E-state index contributed by atoms with van der Waals surface area (Å²) < 4.78 is 0. The average Bonchev–Trinajstić information content (AvgIpc) is 2.27. The lowest BCUT2D eigenvalue weighted by Gasteiger charge is -2.07. The van der Waals surface area contributed by atoms with Crippen molar-refractivity contribution in [1.82, 2.24) is 0 Å². The number of aliphatic hydroxyl groups is 1. The van der Waals surface area contributed by atoms with Crippen LogP contribution in [0.1, 0.15) is 15.9 Å². The van der Waals surface area contributed by atoms with Crippen LogP contribution in [0.2, 0.25) is 0 Å². The van der Waals surface area contributed by atoms with Gasteiger partial charge in [-0.05, 0) is 22.4 Å². The van der Waals surface area contributed by atoms with E-state index in [2.05, 4.69) is 0 Å². The summed E-state index contributed by atoms with van der Waals surface area (Å²) >= 11 is 0. The lowest BCUT2D eigenvalue weighted by molar-refractivity contribution is 0.0693. The second-order valence-corrected chi connectivity index (χ2v) is 3.28. The molecule has 0 amide bonds. The minimum atomic E-state index is -1.01. The van der Waals surface area contributed by atoms with Crippen LogP contribution >= 0.6 is 0 Å². The Labute approximate surface area is 86.6 Å². The van der Waals surface area contributed by atoms with E-state index >= 15 is 0 Å². The molecule has 0 unspecified atom stereocenters. The highest BCUT2D eigenvalue weighted by atomic mass is 16.4. The number of aliphatic hydroxyl groups excluding tert-OH is 1. The quantitative estimate of drug-likeness (QED) is 0.783. The molecule has 0 aromatic heterocycles. The van der Waals surface area contributed by atoms with Crippen LogP contribution in [0.4, 0.5) is 0 Å². The topological polar surface area (TPSA) is 57.5 Å². The molecule has 0 saturated carbocycles. The number of carboxylic acids is 1. The summed E-state index contributed by atoms with van der Waals surface area (Å²) in [5.74, 6) is -1.01. The lowest BCUT2D eigenvalue weighted by atomic mass is 9.99. The minimum Gasteiger partial charge on any atom is -0.478 e. The highest BCUT2D eigenvalue weighted by molar-refractivity contribution is 5.97. The third-order valence-electron chi connectivity index (χ3n) is 2.43. The van der Waals surface area contributed by atoms with Gasteiger partial charge in [-0.25, -0.2) is 4.79 Å². The van der Waals surface area contributed by atoms with Gasteiger partial charge in [0.15, 0.2) is 0 Å². The summed E-state index contributed by atoms with van der Waals surface area (Å²) in [5, 5.41) is 19.9. The number of benzene rings is 2. The van der Waals surface area contributed by atoms with Gasteiger partial charge < -0.3 is 10.2 Å². The van der Waals surface area contributed by atoms with Gasteiger partial charge in [-0.15, -0.1) is 0 Å². The molecular weight excluding hydrogens is 192 g/mol. The Balaban J connectivity index is 2.81. The molecular formula is C12H10O3. The minimum absolute atomic E-state index is 0.163. The summed E-state index contributed by atoms with van der Waals surface area (Å²) in [5.41, 5.74) is 0.636. The van der Waals surface area contributed by atoms with Gasteiger partial charge in [0.1, 0.15) is 0 Å². The Bertz CT molecular complexity index is 517. The van der Waals surface area contributed by atoms with Gasteiger partial charge in [0.05, 0.1) is 12.2 Å². The number of fused-ring (bicyclic) bond motifs is 1. The summed E-state index contributed by atoms with van der Waals surface area (Å²) in [6.45, 7) is -0.261. The lowest BCUT2D eigenvalue weighted by Crippen LogP contribution is -2.02. The maximum absolute atomic E-state index is 10.9. The maximum atomic E-state index is 10.9. The zero-order valence-corrected chi connectivity index (χ0v) is 7.97. The van der Waals surface area contributed by atoms with E-state index in [0.717, 1.165) is 10.8 Å². The number of rotatable bonds is 2. The van der Waals surface area contributed by atoms with E-state index in [1.165, 1.54) is 6.07 Å². The monoisotopic (exact) mass is 202 g/mol. The van der Waals surface area contributed by atoms with Crippen LogP contribution in [0.5, 0.6) is 0 Å². The van der Waals surface area contributed by atoms with E-state index in [-0.39, 0.29) is 12.2 Å². The van der Waals surface area contributed by atoms with Crippen molar-refractivity contribution in [3.63, 3.8) is 0 Å². The van der Waals surface area contributed by atoms with Crippen LogP contribution in [0.25, 0.3) is 10.8 Å². The van der Waals surface area contributed by atoms with Gasteiger partial charge >= 0.3 is 5.97 Å². The molecule has 0 aliphatic rings. The van der Waals surface area contributed by atoms with E-state index in [4.69, 9.17) is 5.11 Å². The first kappa shape index (κ1) is 9.68. The number of aromatic carboxylic acids is 1. The Kier molecular flexibility index (Phi) is 2.39. The van der Waals surface area contributed by atoms with Gasteiger partial charge in [0.2, 0.25) is 0 Å². The van der Waals surface area contributed by atoms with Crippen molar-refractivity contribution in [1.29, 1.82) is 0 Å². The predicted molar refractivity (Wildman–Crippen MR) is 56.8 cm³/mol. The molecule has 0 fully saturated rings. The summed E-state index contributed by atoms with van der Waals surface area (Å²) in [7, 11) is 0.